The van der Waals surface area contributed by atoms with Crippen LogP contribution in [-0.2, 0) is 14.4 Å². The maximum absolute atomic E-state index is 12.9. The largest absolute Gasteiger partial charge is 0.384 e. The summed E-state index contributed by atoms with van der Waals surface area (Å²) in [6.07, 6.45) is 1.59. The maximum Gasteiger partial charge on any atom is 0.264 e. The number of rotatable bonds is 11. The van der Waals surface area contributed by atoms with Crippen LogP contribution in [0, 0.1) is 0 Å². The third-order valence-corrected chi connectivity index (χ3v) is 5.08. The monoisotopic (exact) mass is 402 g/mol. The number of benzene rings is 1. The molecule has 0 saturated carbocycles. The number of carbonyl (C=O) groups excluding carboxylic acids is 3. The highest BCUT2D eigenvalue weighted by Gasteiger charge is 2.36. The predicted octanol–water partition coefficient (Wildman–Crippen LogP) is 2.30. The Bertz CT molecular complexity index is 746. The molecule has 0 fully saturated rings. The molecule has 0 radical (unpaired) electrons. The van der Waals surface area contributed by atoms with Crippen LogP contribution in [0.2, 0.25) is 0 Å². The molecule has 0 aliphatic carbocycles. The van der Waals surface area contributed by atoms with Gasteiger partial charge in [-0.05, 0) is 31.2 Å². The smallest absolute Gasteiger partial charge is 0.264 e. The van der Waals surface area contributed by atoms with Gasteiger partial charge in [-0.1, -0.05) is 51.1 Å². The van der Waals surface area contributed by atoms with Crippen molar-refractivity contribution in [1.29, 1.82) is 0 Å². The second-order valence-electron chi connectivity index (χ2n) is 7.24. The molecule has 29 heavy (non-hydrogen) atoms. The molecule has 0 aromatic heterocycles. The minimum absolute atomic E-state index is 0.00120. The SMILES string of the molecule is CCCC(=O)NC(CC)(NC(=O)CC(C)c1ccccc1)C(C)=C(NC)C(N)=O. The summed E-state index contributed by atoms with van der Waals surface area (Å²) in [6.45, 7) is 7.40. The molecule has 2 atom stereocenters. The van der Waals surface area contributed by atoms with E-state index in [1.807, 2.05) is 51.1 Å². The van der Waals surface area contributed by atoms with E-state index < -0.39 is 11.6 Å². The number of hydrogen-bond acceptors (Lipinski definition) is 4. The maximum atomic E-state index is 12.9. The lowest BCUT2D eigenvalue weighted by atomic mass is 9.92. The molecule has 1 aromatic carbocycles. The van der Waals surface area contributed by atoms with Gasteiger partial charge in [-0.25, -0.2) is 0 Å². The molecule has 1 aromatic rings. The van der Waals surface area contributed by atoms with Crippen molar-refractivity contribution >= 4 is 17.7 Å². The van der Waals surface area contributed by atoms with Crippen LogP contribution < -0.4 is 21.7 Å². The van der Waals surface area contributed by atoms with Crippen molar-refractivity contribution in [2.24, 2.45) is 5.73 Å². The van der Waals surface area contributed by atoms with Crippen molar-refractivity contribution in [1.82, 2.24) is 16.0 Å². The highest BCUT2D eigenvalue weighted by atomic mass is 16.2. The fraction of sp³-hybridized carbons (Fsp3) is 0.500. The Balaban J connectivity index is 3.20. The topological polar surface area (TPSA) is 113 Å². The second kappa shape index (κ2) is 11.2. The zero-order valence-electron chi connectivity index (χ0n) is 18.1. The van der Waals surface area contributed by atoms with Crippen LogP contribution in [0.4, 0.5) is 0 Å². The summed E-state index contributed by atoms with van der Waals surface area (Å²) < 4.78 is 0. The number of primary amides is 1. The third-order valence-electron chi connectivity index (χ3n) is 5.08. The van der Waals surface area contributed by atoms with Gasteiger partial charge in [0.15, 0.2) is 0 Å². The summed E-state index contributed by atoms with van der Waals surface area (Å²) in [4.78, 5) is 37.2. The number of carbonyl (C=O) groups is 3. The van der Waals surface area contributed by atoms with Gasteiger partial charge >= 0.3 is 0 Å². The van der Waals surface area contributed by atoms with E-state index in [9.17, 15) is 14.4 Å². The number of likely N-dealkylation sites (N-methyl/N-ethyl adjacent to an activating group) is 1. The van der Waals surface area contributed by atoms with Crippen molar-refractivity contribution in [3.05, 3.63) is 47.2 Å². The Kier molecular flexibility index (Phi) is 9.38. The van der Waals surface area contributed by atoms with Gasteiger partial charge in [0.2, 0.25) is 11.8 Å². The van der Waals surface area contributed by atoms with Gasteiger partial charge in [-0.2, -0.15) is 0 Å². The van der Waals surface area contributed by atoms with E-state index in [2.05, 4.69) is 16.0 Å². The summed E-state index contributed by atoms with van der Waals surface area (Å²) in [5, 5.41) is 8.67. The zero-order valence-corrected chi connectivity index (χ0v) is 18.1. The van der Waals surface area contributed by atoms with Gasteiger partial charge in [-0.3, -0.25) is 14.4 Å². The summed E-state index contributed by atoms with van der Waals surface area (Å²) in [5.74, 6) is -1.08. The first-order chi connectivity index (χ1) is 13.7. The van der Waals surface area contributed by atoms with Crippen molar-refractivity contribution in [3.8, 4) is 0 Å². The quantitative estimate of drug-likeness (QED) is 0.336. The average Bonchev–Trinajstić information content (AvgIpc) is 2.68. The van der Waals surface area contributed by atoms with Crippen molar-refractivity contribution in [2.45, 2.75) is 65.0 Å². The fourth-order valence-electron chi connectivity index (χ4n) is 3.36. The number of nitrogens with one attached hydrogen (secondary N) is 3. The summed E-state index contributed by atoms with van der Waals surface area (Å²) >= 11 is 0. The van der Waals surface area contributed by atoms with Gasteiger partial charge in [0, 0.05) is 25.5 Å². The average molecular weight is 403 g/mol. The number of nitrogens with two attached hydrogens (primary N) is 1. The van der Waals surface area contributed by atoms with E-state index in [0.29, 0.717) is 24.8 Å². The molecule has 0 aliphatic rings. The molecule has 0 bridgehead atoms. The molecule has 7 heteroatoms. The van der Waals surface area contributed by atoms with Gasteiger partial charge < -0.3 is 21.7 Å². The second-order valence-corrected chi connectivity index (χ2v) is 7.24. The first-order valence-electron chi connectivity index (χ1n) is 10.1. The predicted molar refractivity (Wildman–Crippen MR) is 115 cm³/mol. The number of amides is 3. The van der Waals surface area contributed by atoms with E-state index in [1.165, 1.54) is 0 Å². The molecule has 160 valence electrons. The molecule has 2 unspecified atom stereocenters. The lowest BCUT2D eigenvalue weighted by molar-refractivity contribution is -0.126. The van der Waals surface area contributed by atoms with Crippen LogP contribution in [0.1, 0.15) is 64.9 Å². The van der Waals surface area contributed by atoms with Crippen LogP contribution in [0.5, 0.6) is 0 Å². The van der Waals surface area contributed by atoms with Gasteiger partial charge in [0.05, 0.1) is 0 Å². The molecule has 0 saturated heterocycles. The molecule has 5 N–H and O–H groups in total. The van der Waals surface area contributed by atoms with Crippen LogP contribution in [0.15, 0.2) is 41.6 Å². The van der Waals surface area contributed by atoms with E-state index in [-0.39, 0.29) is 29.9 Å². The molecule has 7 nitrogen and oxygen atoms in total. The van der Waals surface area contributed by atoms with E-state index in [1.54, 1.807) is 14.0 Å². The lowest BCUT2D eigenvalue weighted by Crippen LogP contribution is -2.62. The minimum atomic E-state index is -1.20. The Morgan fingerprint density at radius 3 is 2.14 bits per heavy atom. The van der Waals surface area contributed by atoms with Crippen LogP contribution in [0.3, 0.4) is 0 Å². The standard InChI is InChI=1S/C22H34N4O3/c1-6-11-18(27)25-22(7-2,16(4)20(24-5)21(23)29)26-19(28)14-15(3)17-12-9-8-10-13-17/h8-10,12-13,15,24H,6-7,11,14H2,1-5H3,(H2,23,29)(H,25,27)(H,26,28). The summed E-state index contributed by atoms with van der Waals surface area (Å²) in [5.41, 5.74) is 5.99. The highest BCUT2D eigenvalue weighted by Crippen LogP contribution is 2.24. The van der Waals surface area contributed by atoms with E-state index in [4.69, 9.17) is 5.73 Å². The molecule has 0 heterocycles. The van der Waals surface area contributed by atoms with Gasteiger partial charge in [0.25, 0.3) is 5.91 Å². The normalized spacial score (nSPS) is 14.8. The molecular weight excluding hydrogens is 368 g/mol. The Hall–Kier alpha value is -2.83. The Morgan fingerprint density at radius 2 is 1.66 bits per heavy atom. The summed E-state index contributed by atoms with van der Waals surface area (Å²) in [7, 11) is 1.58. The van der Waals surface area contributed by atoms with Gasteiger partial charge in [0.1, 0.15) is 11.4 Å². The Labute approximate surface area is 173 Å². The zero-order chi connectivity index (χ0) is 22.0. The molecule has 0 aliphatic heterocycles. The van der Waals surface area contributed by atoms with Gasteiger partial charge in [-0.15, -0.1) is 0 Å². The minimum Gasteiger partial charge on any atom is -0.384 e. The third kappa shape index (κ3) is 6.62. The van der Waals surface area contributed by atoms with Crippen LogP contribution in [0.25, 0.3) is 0 Å². The summed E-state index contributed by atoms with van der Waals surface area (Å²) in [6, 6.07) is 9.75. The fourth-order valence-corrected chi connectivity index (χ4v) is 3.36. The molecular formula is C22H34N4O3. The van der Waals surface area contributed by atoms with Crippen molar-refractivity contribution in [3.63, 3.8) is 0 Å². The van der Waals surface area contributed by atoms with E-state index in [0.717, 1.165) is 5.56 Å². The molecule has 1 rings (SSSR count). The van der Waals surface area contributed by atoms with Crippen LogP contribution >= 0.6 is 0 Å². The van der Waals surface area contributed by atoms with Crippen molar-refractivity contribution in [2.75, 3.05) is 7.05 Å². The number of hydrogen-bond donors (Lipinski definition) is 4. The molecule has 3 amide bonds. The molecule has 0 spiro atoms. The first kappa shape index (κ1) is 24.2. The van der Waals surface area contributed by atoms with Crippen molar-refractivity contribution < 1.29 is 14.4 Å². The first-order valence-corrected chi connectivity index (χ1v) is 10.1. The van der Waals surface area contributed by atoms with E-state index >= 15 is 0 Å². The highest BCUT2D eigenvalue weighted by molar-refractivity contribution is 5.93. The van der Waals surface area contributed by atoms with Crippen LogP contribution in [-0.4, -0.2) is 30.4 Å². The Morgan fingerprint density at radius 1 is 1.07 bits per heavy atom. The lowest BCUT2D eigenvalue weighted by Gasteiger charge is -2.37.